The van der Waals surface area contributed by atoms with Crippen molar-refractivity contribution in [3.63, 3.8) is 0 Å². The van der Waals surface area contributed by atoms with Gasteiger partial charge in [0.2, 0.25) is 0 Å². The number of ether oxygens (including phenoxy) is 1. The molecule has 0 saturated carbocycles. The third-order valence-corrected chi connectivity index (χ3v) is 2.50. The predicted octanol–water partition coefficient (Wildman–Crippen LogP) is 1.68. The second-order valence-electron chi connectivity index (χ2n) is 3.45. The molecule has 0 spiro atoms. The summed E-state index contributed by atoms with van der Waals surface area (Å²) >= 11 is 0. The van der Waals surface area contributed by atoms with Crippen molar-refractivity contribution >= 4 is 11.7 Å². The number of nitrogens with one attached hydrogen (secondary N) is 1. The lowest BCUT2D eigenvalue weighted by Gasteiger charge is -2.07. The number of carboxylic acids is 1. The molecule has 0 radical (unpaired) electrons. The zero-order valence-electron chi connectivity index (χ0n) is 8.49. The van der Waals surface area contributed by atoms with Crippen molar-refractivity contribution in [1.29, 1.82) is 0 Å². The van der Waals surface area contributed by atoms with Gasteiger partial charge in [-0.3, -0.25) is 4.79 Å². The first-order chi connectivity index (χ1) is 7.22. The Morgan fingerprint density at radius 2 is 2.47 bits per heavy atom. The second-order valence-corrected chi connectivity index (χ2v) is 3.45. The maximum absolute atomic E-state index is 11.0. The topological polar surface area (TPSA) is 58.6 Å². The Labute approximate surface area is 87.9 Å². The molecule has 1 unspecified atom stereocenters. The van der Waals surface area contributed by atoms with Crippen LogP contribution in [0.3, 0.4) is 0 Å². The molecule has 4 nitrogen and oxygen atoms in total. The number of hydrogen-bond acceptors (Lipinski definition) is 3. The molecule has 0 aromatic heterocycles. The van der Waals surface area contributed by atoms with E-state index in [4.69, 9.17) is 9.84 Å². The van der Waals surface area contributed by atoms with Gasteiger partial charge in [-0.25, -0.2) is 0 Å². The first-order valence-corrected chi connectivity index (χ1v) is 4.95. The summed E-state index contributed by atoms with van der Waals surface area (Å²) in [7, 11) is 0. The molecule has 80 valence electrons. The van der Waals surface area contributed by atoms with E-state index >= 15 is 0 Å². The Kier molecular flexibility index (Phi) is 2.49. The van der Waals surface area contributed by atoms with Crippen LogP contribution < -0.4 is 10.1 Å². The Balaban J connectivity index is 2.33. The summed E-state index contributed by atoms with van der Waals surface area (Å²) in [6, 6.07) is 5.51. The highest BCUT2D eigenvalue weighted by Crippen LogP contribution is 2.34. The molecule has 1 atom stereocenters. The van der Waals surface area contributed by atoms with E-state index in [2.05, 4.69) is 5.32 Å². The van der Waals surface area contributed by atoms with Gasteiger partial charge < -0.3 is 15.2 Å². The van der Waals surface area contributed by atoms with E-state index < -0.39 is 11.9 Å². The van der Waals surface area contributed by atoms with E-state index in [0.29, 0.717) is 13.2 Å². The Morgan fingerprint density at radius 3 is 3.13 bits per heavy atom. The Bertz CT molecular complexity index is 389. The molecule has 1 aromatic rings. The minimum absolute atomic E-state index is 0.458. The number of carbonyl (C=O) groups is 1. The molecule has 1 aliphatic heterocycles. The summed E-state index contributed by atoms with van der Waals surface area (Å²) in [5.74, 6) is -0.526. The van der Waals surface area contributed by atoms with Crippen LogP contribution in [0.1, 0.15) is 18.4 Å². The van der Waals surface area contributed by atoms with E-state index in [1.165, 1.54) is 0 Å². The van der Waals surface area contributed by atoms with Crippen LogP contribution in [0.5, 0.6) is 5.75 Å². The number of benzene rings is 1. The third kappa shape index (κ3) is 1.75. The molecule has 1 aliphatic rings. The van der Waals surface area contributed by atoms with Gasteiger partial charge in [0.15, 0.2) is 0 Å². The molecular weight excluding hydrogens is 194 g/mol. The van der Waals surface area contributed by atoms with Crippen LogP contribution in [0.25, 0.3) is 0 Å². The van der Waals surface area contributed by atoms with Crippen molar-refractivity contribution in [2.75, 3.05) is 18.5 Å². The van der Waals surface area contributed by atoms with Crippen LogP contribution in [-0.4, -0.2) is 24.2 Å². The highest BCUT2D eigenvalue weighted by molar-refractivity contribution is 5.82. The van der Waals surface area contributed by atoms with E-state index in [9.17, 15) is 4.79 Å². The van der Waals surface area contributed by atoms with E-state index in [1.54, 1.807) is 6.07 Å². The van der Waals surface area contributed by atoms with Crippen LogP contribution in [0.15, 0.2) is 18.2 Å². The lowest BCUT2D eigenvalue weighted by molar-refractivity contribution is -0.138. The molecule has 0 amide bonds. The Hall–Kier alpha value is -1.71. The summed E-state index contributed by atoms with van der Waals surface area (Å²) in [6.45, 7) is 2.95. The molecule has 0 fully saturated rings. The fourth-order valence-electron chi connectivity index (χ4n) is 1.79. The van der Waals surface area contributed by atoms with Crippen molar-refractivity contribution < 1.29 is 14.6 Å². The average Bonchev–Trinajstić information content (AvgIpc) is 2.61. The quantitative estimate of drug-likeness (QED) is 0.791. The maximum Gasteiger partial charge on any atom is 0.312 e. The normalized spacial score (nSPS) is 18.1. The van der Waals surface area contributed by atoms with E-state index in [-0.39, 0.29) is 0 Å². The van der Waals surface area contributed by atoms with Gasteiger partial charge in [0, 0.05) is 12.2 Å². The minimum atomic E-state index is -0.796. The van der Waals surface area contributed by atoms with Gasteiger partial charge in [0.05, 0.1) is 6.61 Å². The number of aliphatic carboxylic acids is 1. The van der Waals surface area contributed by atoms with Gasteiger partial charge in [-0.2, -0.15) is 0 Å². The summed E-state index contributed by atoms with van der Waals surface area (Å²) < 4.78 is 5.34. The number of carboxylic acid groups (broad SMARTS) is 1. The van der Waals surface area contributed by atoms with Gasteiger partial charge in [-0.05, 0) is 30.7 Å². The molecule has 0 saturated heterocycles. The first-order valence-electron chi connectivity index (χ1n) is 4.95. The summed E-state index contributed by atoms with van der Waals surface area (Å²) in [4.78, 5) is 11.0. The fourth-order valence-corrected chi connectivity index (χ4v) is 1.79. The van der Waals surface area contributed by atoms with Crippen LogP contribution in [0.4, 0.5) is 5.69 Å². The standard InChI is InChI=1S/C11H13NO3/c1-2-15-7-3-4-10-8(5-7)9(6-12-10)11(13)14/h3-5,9,12H,2,6H2,1H3,(H,13,14). The molecule has 2 N–H and O–H groups in total. The maximum atomic E-state index is 11.0. The first kappa shape index (κ1) is 9.83. The zero-order valence-corrected chi connectivity index (χ0v) is 8.49. The third-order valence-electron chi connectivity index (χ3n) is 2.50. The molecular formula is C11H13NO3. The van der Waals surface area contributed by atoms with Crippen LogP contribution in [0.2, 0.25) is 0 Å². The van der Waals surface area contributed by atoms with Crippen molar-refractivity contribution in [2.45, 2.75) is 12.8 Å². The van der Waals surface area contributed by atoms with E-state index in [1.807, 2.05) is 19.1 Å². The van der Waals surface area contributed by atoms with Crippen LogP contribution in [-0.2, 0) is 4.79 Å². The second kappa shape index (κ2) is 3.81. The average molecular weight is 207 g/mol. The SMILES string of the molecule is CCOc1ccc2c(c1)C(C(=O)O)CN2. The van der Waals surface area contributed by atoms with Gasteiger partial charge in [-0.15, -0.1) is 0 Å². The molecule has 0 bridgehead atoms. The highest BCUT2D eigenvalue weighted by Gasteiger charge is 2.28. The van der Waals surface area contributed by atoms with Crippen LogP contribution in [0, 0.1) is 0 Å². The lowest BCUT2D eigenvalue weighted by atomic mass is 10.0. The van der Waals surface area contributed by atoms with E-state index in [0.717, 1.165) is 17.0 Å². The number of rotatable bonds is 3. The van der Waals surface area contributed by atoms with Crippen molar-refractivity contribution in [3.8, 4) is 5.75 Å². The Morgan fingerprint density at radius 1 is 1.67 bits per heavy atom. The zero-order chi connectivity index (χ0) is 10.8. The smallest absolute Gasteiger partial charge is 0.312 e. The molecule has 1 aromatic carbocycles. The van der Waals surface area contributed by atoms with Gasteiger partial charge in [0.1, 0.15) is 11.7 Å². The van der Waals surface area contributed by atoms with Crippen molar-refractivity contribution in [3.05, 3.63) is 23.8 Å². The minimum Gasteiger partial charge on any atom is -0.494 e. The number of fused-ring (bicyclic) bond motifs is 1. The lowest BCUT2D eigenvalue weighted by Crippen LogP contribution is -2.13. The summed E-state index contributed by atoms with van der Waals surface area (Å²) in [5, 5.41) is 12.1. The van der Waals surface area contributed by atoms with Crippen molar-refractivity contribution in [2.24, 2.45) is 0 Å². The van der Waals surface area contributed by atoms with Gasteiger partial charge >= 0.3 is 5.97 Å². The molecule has 4 heteroatoms. The van der Waals surface area contributed by atoms with Gasteiger partial charge in [0.25, 0.3) is 0 Å². The number of anilines is 1. The molecule has 1 heterocycles. The summed E-state index contributed by atoms with van der Waals surface area (Å²) in [5.41, 5.74) is 1.71. The number of hydrogen-bond donors (Lipinski definition) is 2. The highest BCUT2D eigenvalue weighted by atomic mass is 16.5. The van der Waals surface area contributed by atoms with Crippen molar-refractivity contribution in [1.82, 2.24) is 0 Å². The molecule has 0 aliphatic carbocycles. The fraction of sp³-hybridized carbons (Fsp3) is 0.364. The molecule has 2 rings (SSSR count). The monoisotopic (exact) mass is 207 g/mol. The van der Waals surface area contributed by atoms with Gasteiger partial charge in [-0.1, -0.05) is 0 Å². The largest absolute Gasteiger partial charge is 0.494 e. The van der Waals surface area contributed by atoms with Crippen LogP contribution >= 0.6 is 0 Å². The summed E-state index contributed by atoms with van der Waals surface area (Å²) in [6.07, 6.45) is 0. The molecule has 15 heavy (non-hydrogen) atoms. The predicted molar refractivity (Wildman–Crippen MR) is 56.5 cm³/mol.